The summed E-state index contributed by atoms with van der Waals surface area (Å²) in [5.74, 6) is 0. The highest BCUT2D eigenvalue weighted by Gasteiger charge is 2.14. The molecular weight excluding hydrogens is 292 g/mol. The molecule has 0 fully saturated rings. The van der Waals surface area contributed by atoms with Crippen molar-refractivity contribution in [1.82, 2.24) is 19.6 Å². The Kier molecular flexibility index (Phi) is 3.48. The molecule has 0 saturated heterocycles. The number of rotatable bonds is 3. The maximum atomic E-state index is 12.1. The number of hydrogen-bond donors (Lipinski definition) is 1. The van der Waals surface area contributed by atoms with Crippen LogP contribution in [0.15, 0.2) is 41.5 Å². The number of fused-ring (bicyclic) bond motifs is 1. The van der Waals surface area contributed by atoms with Gasteiger partial charge in [-0.15, -0.1) is 0 Å². The Balaban J connectivity index is 1.99. The Bertz CT molecular complexity index is 856. The molecule has 6 nitrogen and oxygen atoms in total. The predicted octanol–water partition coefficient (Wildman–Crippen LogP) is 1.52. The summed E-state index contributed by atoms with van der Waals surface area (Å²) in [7, 11) is 1.58. The lowest BCUT2D eigenvalue weighted by molar-refractivity contribution is 0.153. The summed E-state index contributed by atoms with van der Waals surface area (Å²) in [6, 6.07) is 6.98. The van der Waals surface area contributed by atoms with Crippen molar-refractivity contribution in [3.05, 3.63) is 57.6 Å². The van der Waals surface area contributed by atoms with Gasteiger partial charge in [0, 0.05) is 17.5 Å². The normalized spacial score (nSPS) is 12.7. The van der Waals surface area contributed by atoms with E-state index in [4.69, 9.17) is 11.6 Å². The topological polar surface area (TPSA) is 72.9 Å². The maximum absolute atomic E-state index is 12.1. The van der Waals surface area contributed by atoms with E-state index in [0.717, 1.165) is 0 Å². The molecule has 1 aromatic carbocycles. The lowest BCUT2D eigenvalue weighted by Gasteiger charge is -2.12. The van der Waals surface area contributed by atoms with E-state index in [1.54, 1.807) is 43.7 Å². The van der Waals surface area contributed by atoms with Gasteiger partial charge in [0.15, 0.2) is 0 Å². The van der Waals surface area contributed by atoms with Crippen LogP contribution in [0.1, 0.15) is 11.7 Å². The Labute approximate surface area is 125 Å². The highest BCUT2D eigenvalue weighted by atomic mass is 35.5. The van der Waals surface area contributed by atoms with Gasteiger partial charge in [0.05, 0.1) is 25.0 Å². The van der Waals surface area contributed by atoms with Crippen LogP contribution in [0.4, 0.5) is 0 Å². The summed E-state index contributed by atoms with van der Waals surface area (Å²) < 4.78 is 2.73. The van der Waals surface area contributed by atoms with Crippen molar-refractivity contribution in [2.75, 3.05) is 0 Å². The third-order valence-electron chi connectivity index (χ3n) is 3.31. The third kappa shape index (κ3) is 2.55. The lowest BCUT2D eigenvalue weighted by atomic mass is 10.1. The fourth-order valence-corrected chi connectivity index (χ4v) is 2.40. The number of halogens is 1. The summed E-state index contributed by atoms with van der Waals surface area (Å²) in [4.78, 5) is 12.1. The van der Waals surface area contributed by atoms with E-state index in [0.29, 0.717) is 21.5 Å². The van der Waals surface area contributed by atoms with Crippen molar-refractivity contribution in [3.8, 4) is 0 Å². The van der Waals surface area contributed by atoms with E-state index < -0.39 is 6.10 Å². The van der Waals surface area contributed by atoms with Crippen LogP contribution in [-0.2, 0) is 13.6 Å². The van der Waals surface area contributed by atoms with Gasteiger partial charge in [-0.1, -0.05) is 23.7 Å². The molecule has 0 bridgehead atoms. The van der Waals surface area contributed by atoms with Crippen LogP contribution in [0.2, 0.25) is 5.02 Å². The van der Waals surface area contributed by atoms with Crippen LogP contribution in [0.3, 0.4) is 0 Å². The minimum Gasteiger partial charge on any atom is -0.386 e. The van der Waals surface area contributed by atoms with E-state index in [-0.39, 0.29) is 12.1 Å². The summed E-state index contributed by atoms with van der Waals surface area (Å²) in [5.41, 5.74) is 0.855. The first-order valence-electron chi connectivity index (χ1n) is 6.37. The van der Waals surface area contributed by atoms with Crippen molar-refractivity contribution < 1.29 is 5.11 Å². The molecule has 3 aromatic rings. The fourth-order valence-electron chi connectivity index (χ4n) is 2.20. The molecule has 0 aliphatic rings. The van der Waals surface area contributed by atoms with Crippen molar-refractivity contribution in [2.45, 2.75) is 12.6 Å². The van der Waals surface area contributed by atoms with Crippen molar-refractivity contribution >= 4 is 22.5 Å². The monoisotopic (exact) mass is 304 g/mol. The molecule has 0 aliphatic heterocycles. The third-order valence-corrected chi connectivity index (χ3v) is 3.55. The quantitative estimate of drug-likeness (QED) is 0.796. The molecule has 0 aliphatic carbocycles. The Morgan fingerprint density at radius 2 is 2.10 bits per heavy atom. The second-order valence-corrected chi connectivity index (χ2v) is 5.21. The summed E-state index contributed by atoms with van der Waals surface area (Å²) in [6.07, 6.45) is 2.34. The Morgan fingerprint density at radius 1 is 1.33 bits per heavy atom. The van der Waals surface area contributed by atoms with Gasteiger partial charge in [0.25, 0.3) is 5.56 Å². The van der Waals surface area contributed by atoms with E-state index in [2.05, 4.69) is 10.2 Å². The van der Waals surface area contributed by atoms with Gasteiger partial charge in [-0.05, 0) is 17.7 Å². The number of aliphatic hydroxyl groups is 1. The van der Waals surface area contributed by atoms with Gasteiger partial charge in [-0.25, -0.2) is 4.68 Å². The number of nitrogens with zero attached hydrogens (tertiary/aromatic N) is 4. The highest BCUT2D eigenvalue weighted by Crippen LogP contribution is 2.20. The van der Waals surface area contributed by atoms with E-state index in [1.807, 2.05) is 0 Å². The predicted molar refractivity (Wildman–Crippen MR) is 79.2 cm³/mol. The first kappa shape index (κ1) is 13.8. The highest BCUT2D eigenvalue weighted by molar-refractivity contribution is 6.30. The van der Waals surface area contributed by atoms with Crippen molar-refractivity contribution in [3.63, 3.8) is 0 Å². The zero-order valence-electron chi connectivity index (χ0n) is 11.3. The summed E-state index contributed by atoms with van der Waals surface area (Å²) in [6.45, 7) is 0.170. The van der Waals surface area contributed by atoms with Crippen LogP contribution in [-0.4, -0.2) is 24.7 Å². The average molecular weight is 305 g/mol. The van der Waals surface area contributed by atoms with Gasteiger partial charge in [0.2, 0.25) is 0 Å². The largest absolute Gasteiger partial charge is 0.386 e. The number of benzene rings is 1. The molecule has 3 rings (SSSR count). The van der Waals surface area contributed by atoms with Crippen LogP contribution in [0, 0.1) is 0 Å². The minimum absolute atomic E-state index is 0.170. The molecule has 0 radical (unpaired) electrons. The molecule has 7 heteroatoms. The molecule has 21 heavy (non-hydrogen) atoms. The Hall–Kier alpha value is -2.18. The number of aromatic nitrogens is 4. The van der Waals surface area contributed by atoms with Crippen LogP contribution < -0.4 is 5.56 Å². The SMILES string of the molecule is Cn1ncc2cnn(CC(O)c3cccc(Cl)c3)c2c1=O. The van der Waals surface area contributed by atoms with E-state index >= 15 is 0 Å². The van der Waals surface area contributed by atoms with Crippen molar-refractivity contribution in [2.24, 2.45) is 7.05 Å². The van der Waals surface area contributed by atoms with Gasteiger partial charge >= 0.3 is 0 Å². The molecule has 1 N–H and O–H groups in total. The second-order valence-electron chi connectivity index (χ2n) is 4.77. The molecule has 0 saturated carbocycles. The molecule has 2 aromatic heterocycles. The molecule has 1 unspecified atom stereocenters. The summed E-state index contributed by atoms with van der Waals surface area (Å²) in [5, 5.41) is 19.6. The fraction of sp³-hybridized carbons (Fsp3) is 0.214. The first-order valence-corrected chi connectivity index (χ1v) is 6.75. The van der Waals surface area contributed by atoms with Gasteiger partial charge < -0.3 is 5.11 Å². The maximum Gasteiger partial charge on any atom is 0.292 e. The molecular formula is C14H13ClN4O2. The average Bonchev–Trinajstić information content (AvgIpc) is 2.86. The number of aliphatic hydroxyl groups excluding tert-OH is 1. The van der Waals surface area contributed by atoms with Crippen LogP contribution in [0.5, 0.6) is 0 Å². The molecule has 0 amide bonds. The zero-order valence-corrected chi connectivity index (χ0v) is 12.0. The van der Waals surface area contributed by atoms with E-state index in [1.165, 1.54) is 9.36 Å². The molecule has 1 atom stereocenters. The van der Waals surface area contributed by atoms with Gasteiger partial charge in [-0.2, -0.15) is 10.2 Å². The number of aryl methyl sites for hydroxylation is 1. The van der Waals surface area contributed by atoms with Crippen molar-refractivity contribution in [1.29, 1.82) is 0 Å². The molecule has 0 spiro atoms. The summed E-state index contributed by atoms with van der Waals surface area (Å²) >= 11 is 5.92. The first-order chi connectivity index (χ1) is 10.1. The lowest BCUT2D eigenvalue weighted by Crippen LogP contribution is -2.22. The second kappa shape index (κ2) is 5.31. The minimum atomic E-state index is -0.801. The van der Waals surface area contributed by atoms with Crippen LogP contribution >= 0.6 is 11.6 Å². The van der Waals surface area contributed by atoms with Gasteiger partial charge in [-0.3, -0.25) is 9.48 Å². The van der Waals surface area contributed by atoms with Crippen LogP contribution in [0.25, 0.3) is 10.9 Å². The smallest absolute Gasteiger partial charge is 0.292 e. The Morgan fingerprint density at radius 3 is 2.86 bits per heavy atom. The van der Waals surface area contributed by atoms with E-state index in [9.17, 15) is 9.90 Å². The standard InChI is InChI=1S/C14H13ClN4O2/c1-18-14(21)13-10(6-16-18)7-17-19(13)8-12(20)9-3-2-4-11(15)5-9/h2-7,12,20H,8H2,1H3. The zero-order chi connectivity index (χ0) is 15.0. The van der Waals surface area contributed by atoms with Gasteiger partial charge in [0.1, 0.15) is 5.52 Å². The molecule has 2 heterocycles. The number of hydrogen-bond acceptors (Lipinski definition) is 4. The molecule has 108 valence electrons.